The molecule has 2 heterocycles. The van der Waals surface area contributed by atoms with Crippen LogP contribution in [0.15, 0.2) is 85.5 Å². The van der Waals surface area contributed by atoms with Crippen molar-refractivity contribution in [2.75, 3.05) is 0 Å². The Labute approximate surface area is 180 Å². The second kappa shape index (κ2) is 8.62. The third kappa shape index (κ3) is 4.18. The molecule has 30 heavy (non-hydrogen) atoms. The Balaban J connectivity index is 1.60. The molecule has 0 aliphatic heterocycles. The van der Waals surface area contributed by atoms with E-state index in [9.17, 15) is 0 Å². The quantitative estimate of drug-likeness (QED) is 0.371. The van der Waals surface area contributed by atoms with Gasteiger partial charge in [0.15, 0.2) is 24.8 Å². The molecule has 0 saturated carbocycles. The summed E-state index contributed by atoms with van der Waals surface area (Å²) in [6.07, 6.45) is 9.94. The van der Waals surface area contributed by atoms with Crippen LogP contribution in [0, 0.1) is 20.8 Å². The van der Waals surface area contributed by atoms with Crippen molar-refractivity contribution in [2.45, 2.75) is 40.7 Å². The van der Waals surface area contributed by atoms with Crippen molar-refractivity contribution in [3.05, 3.63) is 102 Å². The normalized spacial score (nSPS) is 10.9. The second-order valence-corrected chi connectivity index (χ2v) is 8.14. The molecule has 2 aromatic heterocycles. The third-order valence-electron chi connectivity index (χ3n) is 5.70. The fourth-order valence-corrected chi connectivity index (χ4v) is 4.02. The molecular weight excluding hydrogens is 364 g/mol. The van der Waals surface area contributed by atoms with Gasteiger partial charge in [-0.2, -0.15) is 4.57 Å². The summed E-state index contributed by atoms with van der Waals surface area (Å²) in [7, 11) is 0. The summed E-state index contributed by atoms with van der Waals surface area (Å²) < 4.78 is 4.45. The van der Waals surface area contributed by atoms with Crippen LogP contribution in [0.2, 0.25) is 0 Å². The van der Waals surface area contributed by atoms with Gasteiger partial charge in [-0.05, 0) is 43.0 Å². The summed E-state index contributed by atoms with van der Waals surface area (Å²) in [5, 5.41) is 0. The lowest BCUT2D eigenvalue weighted by Crippen LogP contribution is -2.32. The lowest BCUT2D eigenvalue weighted by molar-refractivity contribution is -0.697. The number of pyridine rings is 2. The van der Waals surface area contributed by atoms with Crippen molar-refractivity contribution >= 4 is 0 Å². The van der Waals surface area contributed by atoms with E-state index in [2.05, 4.69) is 122 Å². The molecule has 2 nitrogen and oxygen atoms in total. The first-order valence-electron chi connectivity index (χ1n) is 10.7. The van der Waals surface area contributed by atoms with Gasteiger partial charge in [-0.25, -0.2) is 4.57 Å². The Morgan fingerprint density at radius 2 is 1.20 bits per heavy atom. The molecule has 0 saturated heterocycles. The number of nitrogens with zero attached hydrogens (tertiary/aromatic N) is 2. The molecule has 0 aliphatic carbocycles. The summed E-state index contributed by atoms with van der Waals surface area (Å²) in [5.74, 6) is 0. The first-order chi connectivity index (χ1) is 14.5. The number of hydrogen-bond acceptors (Lipinski definition) is 0. The van der Waals surface area contributed by atoms with Gasteiger partial charge in [-0.1, -0.05) is 48.9 Å². The monoisotopic (exact) mass is 394 g/mol. The zero-order chi connectivity index (χ0) is 21.1. The Hall–Kier alpha value is -3.26. The molecule has 0 amide bonds. The van der Waals surface area contributed by atoms with Crippen LogP contribution in [0.5, 0.6) is 0 Å². The molecule has 0 bridgehead atoms. The average Bonchev–Trinajstić information content (AvgIpc) is 2.75. The van der Waals surface area contributed by atoms with Gasteiger partial charge in [0, 0.05) is 41.8 Å². The summed E-state index contributed by atoms with van der Waals surface area (Å²) >= 11 is 0. The van der Waals surface area contributed by atoms with Crippen LogP contribution in [-0.4, -0.2) is 0 Å². The van der Waals surface area contributed by atoms with E-state index in [1.807, 2.05) is 0 Å². The summed E-state index contributed by atoms with van der Waals surface area (Å²) in [4.78, 5) is 0. The van der Waals surface area contributed by atoms with Crippen LogP contribution in [0.3, 0.4) is 0 Å². The molecule has 2 aromatic carbocycles. The number of rotatable bonds is 5. The highest BCUT2D eigenvalue weighted by Crippen LogP contribution is 2.27. The van der Waals surface area contributed by atoms with E-state index in [1.54, 1.807) is 0 Å². The van der Waals surface area contributed by atoms with Crippen molar-refractivity contribution in [1.29, 1.82) is 0 Å². The zero-order valence-corrected chi connectivity index (χ0v) is 18.4. The summed E-state index contributed by atoms with van der Waals surface area (Å²) in [6.45, 7) is 9.77. The molecule has 0 N–H and O–H groups in total. The predicted molar refractivity (Wildman–Crippen MR) is 124 cm³/mol. The van der Waals surface area contributed by atoms with Crippen LogP contribution in [0.25, 0.3) is 27.9 Å². The number of hydrogen-bond donors (Lipinski definition) is 0. The lowest BCUT2D eigenvalue weighted by atomic mass is 9.97. The van der Waals surface area contributed by atoms with E-state index < -0.39 is 0 Å². The van der Waals surface area contributed by atoms with E-state index in [4.69, 9.17) is 0 Å². The van der Waals surface area contributed by atoms with Crippen molar-refractivity contribution in [1.82, 2.24) is 0 Å². The third-order valence-corrected chi connectivity index (χ3v) is 5.70. The molecule has 0 fully saturated rings. The molecule has 4 aromatic rings. The maximum absolute atomic E-state index is 2.27. The summed E-state index contributed by atoms with van der Waals surface area (Å²) in [5.41, 5.74) is 10.1. The predicted octanol–water partition coefficient (Wildman–Crippen LogP) is 5.92. The van der Waals surface area contributed by atoms with Crippen LogP contribution in [-0.2, 0) is 6.54 Å². The Kier molecular flexibility index (Phi) is 5.76. The first kappa shape index (κ1) is 20.0. The number of aromatic nitrogens is 2. The van der Waals surface area contributed by atoms with Crippen molar-refractivity contribution < 1.29 is 9.13 Å². The minimum atomic E-state index is 1.07. The highest BCUT2D eigenvalue weighted by molar-refractivity contribution is 5.72. The van der Waals surface area contributed by atoms with Crippen molar-refractivity contribution in [2.24, 2.45) is 0 Å². The van der Waals surface area contributed by atoms with Gasteiger partial charge < -0.3 is 0 Å². The Bertz CT molecular complexity index is 1160. The first-order valence-corrected chi connectivity index (χ1v) is 10.7. The minimum Gasteiger partial charge on any atom is -0.205 e. The van der Waals surface area contributed by atoms with E-state index in [-0.39, 0.29) is 0 Å². The number of aryl methyl sites for hydroxylation is 4. The zero-order valence-electron chi connectivity index (χ0n) is 18.4. The van der Waals surface area contributed by atoms with Gasteiger partial charge in [0.1, 0.15) is 6.54 Å². The van der Waals surface area contributed by atoms with Crippen molar-refractivity contribution in [3.8, 4) is 27.9 Å². The molecular formula is C28H30N2+2. The van der Waals surface area contributed by atoms with Crippen LogP contribution >= 0.6 is 0 Å². The SMILES string of the molecule is CCC[n+]1ccc(-c2ccc(-c3cc[n+](-c4ccc(C)cc4)cc3C)cc2)c(C)c1. The highest BCUT2D eigenvalue weighted by Gasteiger charge is 2.12. The molecule has 0 radical (unpaired) electrons. The average molecular weight is 395 g/mol. The van der Waals surface area contributed by atoms with Gasteiger partial charge in [-0.15, -0.1) is 0 Å². The summed E-state index contributed by atoms with van der Waals surface area (Å²) in [6, 6.07) is 22.0. The standard InChI is InChI=1S/C28H30N2/c1-5-16-29-17-14-27(22(3)19-29)24-8-10-25(11-9-24)28-15-18-30(20-23(28)4)26-12-6-21(2)7-13-26/h6-15,17-20H,5,16H2,1-4H3/q+2. The molecule has 4 rings (SSSR count). The fraction of sp³-hybridized carbons (Fsp3) is 0.214. The minimum absolute atomic E-state index is 1.07. The van der Waals surface area contributed by atoms with E-state index >= 15 is 0 Å². The second-order valence-electron chi connectivity index (χ2n) is 8.14. The molecule has 150 valence electrons. The number of benzene rings is 2. The highest BCUT2D eigenvalue weighted by atomic mass is 14.9. The van der Waals surface area contributed by atoms with Gasteiger partial charge in [0.05, 0.1) is 0 Å². The fourth-order valence-electron chi connectivity index (χ4n) is 4.02. The Morgan fingerprint density at radius 3 is 1.73 bits per heavy atom. The maximum atomic E-state index is 2.27. The van der Waals surface area contributed by atoms with E-state index in [0.29, 0.717) is 0 Å². The van der Waals surface area contributed by atoms with Gasteiger partial charge in [-0.3, -0.25) is 0 Å². The molecule has 0 spiro atoms. The van der Waals surface area contributed by atoms with Crippen LogP contribution in [0.4, 0.5) is 0 Å². The van der Waals surface area contributed by atoms with Crippen LogP contribution in [0.1, 0.15) is 30.0 Å². The topological polar surface area (TPSA) is 7.76 Å². The van der Waals surface area contributed by atoms with Gasteiger partial charge in [0.25, 0.3) is 0 Å². The molecule has 2 heteroatoms. The maximum Gasteiger partial charge on any atom is 0.210 e. The van der Waals surface area contributed by atoms with Gasteiger partial charge in [0.2, 0.25) is 5.69 Å². The van der Waals surface area contributed by atoms with Crippen molar-refractivity contribution in [3.63, 3.8) is 0 Å². The van der Waals surface area contributed by atoms with E-state index in [1.165, 1.54) is 44.6 Å². The molecule has 0 aliphatic rings. The van der Waals surface area contributed by atoms with Crippen LogP contribution < -0.4 is 9.13 Å². The largest absolute Gasteiger partial charge is 0.210 e. The smallest absolute Gasteiger partial charge is 0.205 e. The van der Waals surface area contributed by atoms with Gasteiger partial charge >= 0.3 is 0 Å². The molecule has 0 atom stereocenters. The molecule has 0 unspecified atom stereocenters. The van der Waals surface area contributed by atoms with E-state index in [0.717, 1.165) is 13.0 Å². The Morgan fingerprint density at radius 1 is 0.633 bits per heavy atom. The lowest BCUT2D eigenvalue weighted by Gasteiger charge is -2.09.